The van der Waals surface area contributed by atoms with Crippen molar-refractivity contribution in [3.05, 3.63) is 47.8 Å². The zero-order valence-electron chi connectivity index (χ0n) is 12.0. The molecule has 0 amide bonds. The van der Waals surface area contributed by atoms with Crippen molar-refractivity contribution >= 4 is 5.69 Å². The summed E-state index contributed by atoms with van der Waals surface area (Å²) in [4.78, 5) is 2.09. The standard InChI is InChI=1S/C15H19N5/c1-11(17)15(13-9-18-19(2)10-13)20(3)14-6-4-5-12(7-14)8-16/h4-7,9-11,15H,17H2,1-3H3. The van der Waals surface area contributed by atoms with E-state index >= 15 is 0 Å². The van der Waals surface area contributed by atoms with Gasteiger partial charge in [0.25, 0.3) is 0 Å². The van der Waals surface area contributed by atoms with Crippen LogP contribution in [0.15, 0.2) is 36.7 Å². The molecule has 20 heavy (non-hydrogen) atoms. The van der Waals surface area contributed by atoms with Gasteiger partial charge in [-0.15, -0.1) is 0 Å². The second-order valence-corrected chi connectivity index (χ2v) is 5.02. The number of hydrogen-bond acceptors (Lipinski definition) is 4. The van der Waals surface area contributed by atoms with Gasteiger partial charge in [-0.3, -0.25) is 4.68 Å². The van der Waals surface area contributed by atoms with Crippen LogP contribution in [-0.2, 0) is 7.05 Å². The minimum absolute atomic E-state index is 0.0117. The molecule has 2 aromatic rings. The highest BCUT2D eigenvalue weighted by Gasteiger charge is 2.23. The van der Waals surface area contributed by atoms with Gasteiger partial charge in [-0.1, -0.05) is 6.07 Å². The molecule has 0 saturated heterocycles. The minimum atomic E-state index is -0.0602. The lowest BCUT2D eigenvalue weighted by Gasteiger charge is -2.32. The predicted octanol–water partition coefficient (Wildman–Crippen LogP) is 1.82. The Morgan fingerprint density at radius 3 is 2.75 bits per heavy atom. The second kappa shape index (κ2) is 5.76. The van der Waals surface area contributed by atoms with Gasteiger partial charge >= 0.3 is 0 Å². The highest BCUT2D eigenvalue weighted by molar-refractivity contribution is 5.52. The molecule has 0 fully saturated rings. The first kappa shape index (κ1) is 14.1. The summed E-state index contributed by atoms with van der Waals surface area (Å²) in [6, 6.07) is 9.63. The van der Waals surface area contributed by atoms with Crippen LogP contribution in [0, 0.1) is 11.3 Å². The van der Waals surface area contributed by atoms with E-state index in [-0.39, 0.29) is 12.1 Å². The fraction of sp³-hybridized carbons (Fsp3) is 0.333. The molecule has 2 unspecified atom stereocenters. The van der Waals surface area contributed by atoms with E-state index in [0.717, 1.165) is 11.3 Å². The van der Waals surface area contributed by atoms with Crippen molar-refractivity contribution < 1.29 is 0 Å². The molecule has 0 bridgehead atoms. The third-order valence-electron chi connectivity index (χ3n) is 3.36. The molecular weight excluding hydrogens is 250 g/mol. The summed E-state index contributed by atoms with van der Waals surface area (Å²) in [6.07, 6.45) is 3.80. The molecule has 2 N–H and O–H groups in total. The normalized spacial score (nSPS) is 13.6. The van der Waals surface area contributed by atoms with Gasteiger partial charge in [0.15, 0.2) is 0 Å². The maximum atomic E-state index is 9.01. The monoisotopic (exact) mass is 269 g/mol. The van der Waals surface area contributed by atoms with E-state index in [2.05, 4.69) is 16.1 Å². The van der Waals surface area contributed by atoms with E-state index in [1.54, 1.807) is 10.7 Å². The van der Waals surface area contributed by atoms with Gasteiger partial charge in [0.1, 0.15) is 0 Å². The molecule has 0 aliphatic heterocycles. The van der Waals surface area contributed by atoms with Crippen molar-refractivity contribution in [2.45, 2.75) is 19.0 Å². The summed E-state index contributed by atoms with van der Waals surface area (Å²) in [5, 5.41) is 13.2. The van der Waals surface area contributed by atoms with Crippen LogP contribution in [0.5, 0.6) is 0 Å². The number of nitrogens with two attached hydrogens (primary N) is 1. The molecule has 0 spiro atoms. The summed E-state index contributed by atoms with van der Waals surface area (Å²) >= 11 is 0. The number of anilines is 1. The van der Waals surface area contributed by atoms with Gasteiger partial charge in [0.05, 0.1) is 23.9 Å². The fourth-order valence-electron chi connectivity index (χ4n) is 2.43. The van der Waals surface area contributed by atoms with Gasteiger partial charge in [-0.05, 0) is 25.1 Å². The average Bonchev–Trinajstić information content (AvgIpc) is 2.84. The first-order chi connectivity index (χ1) is 9.52. The zero-order valence-corrected chi connectivity index (χ0v) is 12.0. The number of rotatable bonds is 4. The average molecular weight is 269 g/mol. The largest absolute Gasteiger partial charge is 0.366 e. The third kappa shape index (κ3) is 2.81. The Balaban J connectivity index is 2.36. The Labute approximate surface area is 119 Å². The van der Waals surface area contributed by atoms with Crippen LogP contribution < -0.4 is 10.6 Å². The van der Waals surface area contributed by atoms with E-state index < -0.39 is 0 Å². The quantitative estimate of drug-likeness (QED) is 0.919. The van der Waals surface area contributed by atoms with Crippen LogP contribution in [0.2, 0.25) is 0 Å². The first-order valence-corrected chi connectivity index (χ1v) is 6.50. The van der Waals surface area contributed by atoms with Gasteiger partial charge in [-0.25, -0.2) is 0 Å². The van der Waals surface area contributed by atoms with Gasteiger partial charge in [-0.2, -0.15) is 10.4 Å². The van der Waals surface area contributed by atoms with Crippen molar-refractivity contribution in [1.29, 1.82) is 5.26 Å². The SMILES string of the molecule is CC(N)C(c1cnn(C)c1)N(C)c1cccc(C#N)c1. The lowest BCUT2D eigenvalue weighted by molar-refractivity contribution is 0.558. The van der Waals surface area contributed by atoms with E-state index in [4.69, 9.17) is 11.0 Å². The third-order valence-corrected chi connectivity index (χ3v) is 3.36. The molecular formula is C15H19N5. The molecule has 1 aromatic heterocycles. The maximum absolute atomic E-state index is 9.01. The second-order valence-electron chi connectivity index (χ2n) is 5.02. The molecule has 0 saturated carbocycles. The Morgan fingerprint density at radius 2 is 2.20 bits per heavy atom. The molecule has 104 valence electrons. The van der Waals surface area contributed by atoms with Crippen LogP contribution >= 0.6 is 0 Å². The predicted molar refractivity (Wildman–Crippen MR) is 79.2 cm³/mol. The Morgan fingerprint density at radius 1 is 1.45 bits per heavy atom. The van der Waals surface area contributed by atoms with Crippen molar-refractivity contribution in [2.24, 2.45) is 12.8 Å². The maximum Gasteiger partial charge on any atom is 0.0992 e. The topological polar surface area (TPSA) is 70.9 Å². The zero-order chi connectivity index (χ0) is 14.7. The molecule has 5 nitrogen and oxygen atoms in total. The molecule has 0 aliphatic rings. The number of hydrogen-bond donors (Lipinski definition) is 1. The number of aryl methyl sites for hydroxylation is 1. The molecule has 2 rings (SSSR count). The summed E-state index contributed by atoms with van der Waals surface area (Å²) in [6.45, 7) is 1.97. The number of aromatic nitrogens is 2. The molecule has 1 aromatic carbocycles. The Bertz CT molecular complexity index is 623. The number of nitrogens with zero attached hydrogens (tertiary/aromatic N) is 4. The van der Waals surface area contributed by atoms with Crippen LogP contribution in [0.25, 0.3) is 0 Å². The number of nitriles is 1. The lowest BCUT2D eigenvalue weighted by Crippen LogP contribution is -2.37. The molecule has 0 aliphatic carbocycles. The van der Waals surface area contributed by atoms with E-state index in [1.807, 2.05) is 51.6 Å². The minimum Gasteiger partial charge on any atom is -0.366 e. The summed E-state index contributed by atoms with van der Waals surface area (Å²) in [7, 11) is 3.87. The van der Waals surface area contributed by atoms with Crippen LogP contribution in [-0.4, -0.2) is 22.9 Å². The van der Waals surface area contributed by atoms with Crippen molar-refractivity contribution in [3.63, 3.8) is 0 Å². The molecule has 0 radical (unpaired) electrons. The summed E-state index contributed by atoms with van der Waals surface area (Å²) in [5.74, 6) is 0. The van der Waals surface area contributed by atoms with Crippen molar-refractivity contribution in [1.82, 2.24) is 9.78 Å². The van der Waals surface area contributed by atoms with Crippen molar-refractivity contribution in [2.75, 3.05) is 11.9 Å². The number of likely N-dealkylation sites (N-methyl/N-ethyl adjacent to an activating group) is 1. The van der Waals surface area contributed by atoms with Gasteiger partial charge in [0, 0.05) is 37.6 Å². The van der Waals surface area contributed by atoms with Gasteiger partial charge in [0.2, 0.25) is 0 Å². The molecule has 2 atom stereocenters. The van der Waals surface area contributed by atoms with E-state index in [1.165, 1.54) is 0 Å². The first-order valence-electron chi connectivity index (χ1n) is 6.50. The fourth-order valence-corrected chi connectivity index (χ4v) is 2.43. The van der Waals surface area contributed by atoms with Gasteiger partial charge < -0.3 is 10.6 Å². The molecule has 5 heteroatoms. The molecule has 1 heterocycles. The number of benzene rings is 1. The highest BCUT2D eigenvalue weighted by Crippen LogP contribution is 2.27. The van der Waals surface area contributed by atoms with E-state index in [0.29, 0.717) is 5.56 Å². The Hall–Kier alpha value is -2.32. The highest BCUT2D eigenvalue weighted by atomic mass is 15.2. The Kier molecular flexibility index (Phi) is 4.06. The van der Waals surface area contributed by atoms with Crippen LogP contribution in [0.3, 0.4) is 0 Å². The summed E-state index contributed by atoms with van der Waals surface area (Å²) in [5.41, 5.74) is 8.82. The van der Waals surface area contributed by atoms with Crippen LogP contribution in [0.1, 0.15) is 24.1 Å². The van der Waals surface area contributed by atoms with Crippen molar-refractivity contribution in [3.8, 4) is 6.07 Å². The summed E-state index contributed by atoms with van der Waals surface area (Å²) < 4.78 is 1.77. The smallest absolute Gasteiger partial charge is 0.0992 e. The van der Waals surface area contributed by atoms with E-state index in [9.17, 15) is 0 Å². The lowest BCUT2D eigenvalue weighted by atomic mass is 10.0. The van der Waals surface area contributed by atoms with Crippen LogP contribution in [0.4, 0.5) is 5.69 Å².